The number of anilines is 1. The molecule has 0 unspecified atom stereocenters. The number of hydrogen-bond acceptors (Lipinski definition) is 7. The smallest absolute Gasteiger partial charge is 0.363 e. The van der Waals surface area contributed by atoms with Gasteiger partial charge >= 0.3 is 5.69 Å². The summed E-state index contributed by atoms with van der Waals surface area (Å²) in [6.45, 7) is 10.9. The summed E-state index contributed by atoms with van der Waals surface area (Å²) in [7, 11) is 0. The number of nitrogens with one attached hydrogen (secondary N) is 2. The molecule has 8 heteroatoms. The van der Waals surface area contributed by atoms with Gasteiger partial charge in [-0.05, 0) is 26.0 Å². The van der Waals surface area contributed by atoms with E-state index in [0.29, 0.717) is 30.5 Å². The molecule has 1 aromatic heterocycles. The van der Waals surface area contributed by atoms with E-state index in [9.17, 15) is 4.79 Å². The van der Waals surface area contributed by atoms with Gasteiger partial charge in [0.05, 0.1) is 19.4 Å². The summed E-state index contributed by atoms with van der Waals surface area (Å²) < 4.78 is 11.1. The van der Waals surface area contributed by atoms with Crippen LogP contribution in [0.3, 0.4) is 0 Å². The quantitative estimate of drug-likeness (QED) is 0.582. The van der Waals surface area contributed by atoms with Crippen molar-refractivity contribution in [2.24, 2.45) is 5.10 Å². The Morgan fingerprint density at radius 3 is 2.62 bits per heavy atom. The lowest BCUT2D eigenvalue weighted by Gasteiger charge is -2.18. The van der Waals surface area contributed by atoms with E-state index in [-0.39, 0.29) is 5.41 Å². The number of hydrazone groups is 1. The molecule has 0 aliphatic carbocycles. The molecule has 0 spiro atoms. The first-order chi connectivity index (χ1) is 12.3. The minimum Gasteiger partial charge on any atom is -0.494 e. The highest BCUT2D eigenvalue weighted by Crippen LogP contribution is 2.25. The largest absolute Gasteiger partial charge is 0.494 e. The van der Waals surface area contributed by atoms with Crippen LogP contribution in [0.5, 0.6) is 11.5 Å². The molecule has 0 aliphatic rings. The van der Waals surface area contributed by atoms with Gasteiger partial charge in [0.15, 0.2) is 5.82 Å². The van der Waals surface area contributed by atoms with Crippen molar-refractivity contribution in [1.29, 1.82) is 0 Å². The fraction of sp³-hybridized carbons (Fsp3) is 0.444. The first-order valence-electron chi connectivity index (χ1n) is 8.51. The molecule has 140 valence electrons. The van der Waals surface area contributed by atoms with Gasteiger partial charge in [0.2, 0.25) is 0 Å². The highest BCUT2D eigenvalue weighted by molar-refractivity contribution is 5.84. The van der Waals surface area contributed by atoms with E-state index < -0.39 is 5.69 Å². The average Bonchev–Trinajstić information content (AvgIpc) is 2.56. The highest BCUT2D eigenvalue weighted by Gasteiger charge is 2.21. The van der Waals surface area contributed by atoms with Crippen molar-refractivity contribution in [2.75, 3.05) is 18.6 Å². The van der Waals surface area contributed by atoms with Crippen LogP contribution in [-0.2, 0) is 5.41 Å². The number of rotatable bonds is 7. The van der Waals surface area contributed by atoms with Gasteiger partial charge in [-0.3, -0.25) is 5.43 Å². The lowest BCUT2D eigenvalue weighted by Crippen LogP contribution is -2.24. The van der Waals surface area contributed by atoms with Gasteiger partial charge in [0.1, 0.15) is 17.2 Å². The van der Waals surface area contributed by atoms with Crippen LogP contribution >= 0.6 is 0 Å². The topological polar surface area (TPSA) is 101 Å². The van der Waals surface area contributed by atoms with E-state index in [2.05, 4.69) is 25.7 Å². The second kappa shape index (κ2) is 8.46. The van der Waals surface area contributed by atoms with Crippen LogP contribution in [0.15, 0.2) is 28.1 Å². The Labute approximate surface area is 152 Å². The Kier molecular flexibility index (Phi) is 6.32. The van der Waals surface area contributed by atoms with Crippen LogP contribution in [-0.4, -0.2) is 34.6 Å². The summed E-state index contributed by atoms with van der Waals surface area (Å²) in [4.78, 5) is 15.4. The van der Waals surface area contributed by atoms with Crippen LogP contribution in [0.4, 0.5) is 5.82 Å². The minimum absolute atomic E-state index is 0.301. The predicted molar refractivity (Wildman–Crippen MR) is 101 cm³/mol. The predicted octanol–water partition coefficient (Wildman–Crippen LogP) is 2.71. The maximum absolute atomic E-state index is 11.5. The van der Waals surface area contributed by atoms with E-state index in [1.54, 1.807) is 6.21 Å². The van der Waals surface area contributed by atoms with E-state index in [1.165, 1.54) is 0 Å². The normalized spacial score (nSPS) is 11.6. The number of hydrogen-bond donors (Lipinski definition) is 2. The van der Waals surface area contributed by atoms with Crippen LogP contribution < -0.4 is 20.6 Å². The van der Waals surface area contributed by atoms with Crippen LogP contribution in [0.2, 0.25) is 0 Å². The lowest BCUT2D eigenvalue weighted by molar-refractivity contribution is 0.323. The zero-order valence-corrected chi connectivity index (χ0v) is 15.8. The van der Waals surface area contributed by atoms with Crippen molar-refractivity contribution in [2.45, 2.75) is 40.0 Å². The Morgan fingerprint density at radius 1 is 1.23 bits per heavy atom. The maximum atomic E-state index is 11.5. The summed E-state index contributed by atoms with van der Waals surface area (Å²) in [6.07, 6.45) is 1.61. The van der Waals surface area contributed by atoms with Gasteiger partial charge in [-0.25, -0.2) is 9.89 Å². The fourth-order valence-corrected chi connectivity index (χ4v) is 2.26. The molecule has 0 aliphatic heterocycles. The Hall–Kier alpha value is -2.90. The third-order valence-corrected chi connectivity index (χ3v) is 3.38. The van der Waals surface area contributed by atoms with E-state index >= 15 is 0 Å². The molecule has 2 N–H and O–H groups in total. The molecular weight excluding hydrogens is 334 g/mol. The zero-order chi connectivity index (χ0) is 19.2. The summed E-state index contributed by atoms with van der Waals surface area (Å²) in [5.41, 5.74) is 3.36. The lowest BCUT2D eigenvalue weighted by atomic mass is 9.92. The van der Waals surface area contributed by atoms with Crippen molar-refractivity contribution in [3.63, 3.8) is 0 Å². The van der Waals surface area contributed by atoms with E-state index in [4.69, 9.17) is 9.47 Å². The second-order valence-electron chi connectivity index (χ2n) is 6.52. The molecule has 2 aromatic rings. The molecule has 0 saturated carbocycles. The summed E-state index contributed by atoms with van der Waals surface area (Å²) >= 11 is 0. The molecule has 0 amide bonds. The van der Waals surface area contributed by atoms with Gasteiger partial charge in [-0.1, -0.05) is 20.8 Å². The van der Waals surface area contributed by atoms with Crippen molar-refractivity contribution >= 4 is 12.0 Å². The molecule has 26 heavy (non-hydrogen) atoms. The van der Waals surface area contributed by atoms with Crippen LogP contribution in [0, 0.1) is 0 Å². The van der Waals surface area contributed by atoms with Crippen molar-refractivity contribution < 1.29 is 9.47 Å². The molecular formula is C18H25N5O3. The average molecular weight is 359 g/mol. The molecule has 0 saturated heterocycles. The minimum atomic E-state index is -0.535. The van der Waals surface area contributed by atoms with Crippen LogP contribution in [0.1, 0.15) is 45.9 Å². The summed E-state index contributed by atoms with van der Waals surface area (Å²) in [5.74, 6) is 1.72. The molecule has 1 heterocycles. The third kappa shape index (κ3) is 5.05. The number of aromatic amines is 1. The Morgan fingerprint density at radius 2 is 1.96 bits per heavy atom. The number of ether oxygens (including phenoxy) is 2. The molecule has 2 rings (SSSR count). The number of H-pyrrole nitrogens is 1. The zero-order valence-electron chi connectivity index (χ0n) is 15.8. The summed E-state index contributed by atoms with van der Waals surface area (Å²) in [5, 5.41) is 10.6. The SMILES string of the molecule is CCOc1ccc(/C=N/Nc2nc(=O)[nH]nc2C(C)(C)C)c(OCC)c1. The second-order valence-corrected chi connectivity index (χ2v) is 6.52. The molecule has 0 radical (unpaired) electrons. The summed E-state index contributed by atoms with van der Waals surface area (Å²) in [6, 6.07) is 5.53. The highest BCUT2D eigenvalue weighted by atomic mass is 16.5. The molecule has 1 aromatic carbocycles. The maximum Gasteiger partial charge on any atom is 0.363 e. The Balaban J connectivity index is 2.26. The molecule has 0 atom stereocenters. The monoisotopic (exact) mass is 359 g/mol. The number of benzene rings is 1. The van der Waals surface area contributed by atoms with Gasteiger partial charge < -0.3 is 9.47 Å². The molecule has 0 fully saturated rings. The van der Waals surface area contributed by atoms with Crippen LogP contribution in [0.25, 0.3) is 0 Å². The first kappa shape index (κ1) is 19.4. The number of nitrogens with zero attached hydrogens (tertiary/aromatic N) is 3. The van der Waals surface area contributed by atoms with Gasteiger partial charge in [0.25, 0.3) is 0 Å². The first-order valence-corrected chi connectivity index (χ1v) is 8.51. The standard InChI is InChI=1S/C18H25N5O3/c1-6-25-13-9-8-12(14(10-13)26-7-2)11-19-22-16-15(18(3,4)5)21-23-17(24)20-16/h8-11H,6-7H2,1-5H3,(H2,20,22,23,24)/b19-11+. The van der Waals surface area contributed by atoms with Gasteiger partial charge in [-0.15, -0.1) is 0 Å². The van der Waals surface area contributed by atoms with Crippen molar-refractivity contribution in [1.82, 2.24) is 15.2 Å². The van der Waals surface area contributed by atoms with Gasteiger partial charge in [0, 0.05) is 17.0 Å². The van der Waals surface area contributed by atoms with E-state index in [1.807, 2.05) is 52.8 Å². The fourth-order valence-electron chi connectivity index (χ4n) is 2.26. The van der Waals surface area contributed by atoms with E-state index in [0.717, 1.165) is 11.3 Å². The molecule has 0 bridgehead atoms. The third-order valence-electron chi connectivity index (χ3n) is 3.38. The number of aromatic nitrogens is 3. The van der Waals surface area contributed by atoms with Crippen molar-refractivity contribution in [3.05, 3.63) is 39.9 Å². The molecule has 8 nitrogen and oxygen atoms in total. The Bertz CT molecular complexity index is 824. The van der Waals surface area contributed by atoms with Crippen molar-refractivity contribution in [3.8, 4) is 11.5 Å². The van der Waals surface area contributed by atoms with Gasteiger partial charge in [-0.2, -0.15) is 15.2 Å².